The second kappa shape index (κ2) is 8.19. The fourth-order valence-electron chi connectivity index (χ4n) is 2.93. The Hall–Kier alpha value is -2.60. The van der Waals surface area contributed by atoms with Gasteiger partial charge in [-0.25, -0.2) is 9.78 Å². The fourth-order valence-corrected chi connectivity index (χ4v) is 3.05. The molecule has 3 rings (SSSR count). The van der Waals surface area contributed by atoms with Crippen molar-refractivity contribution in [3.05, 3.63) is 58.7 Å². The molecule has 0 unspecified atom stereocenters. The summed E-state index contributed by atoms with van der Waals surface area (Å²) in [5.41, 5.74) is 1.07. The lowest BCUT2D eigenvalue weighted by atomic mass is 10.0. The van der Waals surface area contributed by atoms with Crippen molar-refractivity contribution in [1.29, 1.82) is 0 Å². The van der Waals surface area contributed by atoms with E-state index in [1.165, 1.54) is 13.3 Å². The molecule has 0 spiro atoms. The molecule has 0 atom stereocenters. The zero-order chi connectivity index (χ0) is 18.5. The quantitative estimate of drug-likeness (QED) is 0.833. The zero-order valence-electron chi connectivity index (χ0n) is 14.4. The van der Waals surface area contributed by atoms with Gasteiger partial charge in [0.15, 0.2) is 0 Å². The maximum Gasteiger partial charge on any atom is 0.339 e. The van der Waals surface area contributed by atoms with Crippen LogP contribution in [0.5, 0.6) is 0 Å². The van der Waals surface area contributed by atoms with Crippen molar-refractivity contribution in [3.63, 3.8) is 0 Å². The Morgan fingerprint density at radius 1 is 1.12 bits per heavy atom. The van der Waals surface area contributed by atoms with Gasteiger partial charge in [0.1, 0.15) is 5.82 Å². The Balaban J connectivity index is 1.53. The molecule has 0 radical (unpaired) electrons. The van der Waals surface area contributed by atoms with Crippen molar-refractivity contribution in [2.75, 3.05) is 25.5 Å². The summed E-state index contributed by atoms with van der Waals surface area (Å²) in [5.74, 6) is 0.332. The van der Waals surface area contributed by atoms with Crippen LogP contribution in [-0.4, -0.2) is 48.0 Å². The number of hydrogen-bond acceptors (Lipinski definition) is 5. The molecular formula is C19H20ClN3O3. The second-order valence-corrected chi connectivity index (χ2v) is 6.58. The highest BCUT2D eigenvalue weighted by atomic mass is 35.5. The number of aromatic nitrogens is 1. The summed E-state index contributed by atoms with van der Waals surface area (Å²) in [6, 6.07) is 10.6. The number of hydrogen-bond donors (Lipinski definition) is 1. The summed E-state index contributed by atoms with van der Waals surface area (Å²) in [6.07, 6.45) is 3.16. The summed E-state index contributed by atoms with van der Waals surface area (Å²) in [5, 5.41) is 3.97. The van der Waals surface area contributed by atoms with Crippen LogP contribution in [0.3, 0.4) is 0 Å². The number of halogens is 1. The Bertz CT molecular complexity index is 770. The van der Waals surface area contributed by atoms with E-state index in [0.29, 0.717) is 35.1 Å². The van der Waals surface area contributed by atoms with Gasteiger partial charge in [-0.1, -0.05) is 11.6 Å². The van der Waals surface area contributed by atoms with E-state index in [2.05, 4.69) is 15.0 Å². The molecule has 136 valence electrons. The van der Waals surface area contributed by atoms with Crippen molar-refractivity contribution in [1.82, 2.24) is 9.88 Å². The van der Waals surface area contributed by atoms with Crippen LogP contribution in [-0.2, 0) is 4.74 Å². The normalized spacial score (nSPS) is 14.8. The number of anilines is 1. The predicted octanol–water partition coefficient (Wildman–Crippen LogP) is 3.24. The molecule has 1 aromatic carbocycles. The summed E-state index contributed by atoms with van der Waals surface area (Å²) in [4.78, 5) is 30.0. The van der Waals surface area contributed by atoms with Crippen molar-refractivity contribution in [2.24, 2.45) is 0 Å². The summed E-state index contributed by atoms with van der Waals surface area (Å²) >= 11 is 5.87. The van der Waals surface area contributed by atoms with Crippen LogP contribution in [0.15, 0.2) is 42.6 Å². The highest BCUT2D eigenvalue weighted by Crippen LogP contribution is 2.18. The molecule has 1 fully saturated rings. The second-order valence-electron chi connectivity index (χ2n) is 6.14. The number of benzene rings is 1. The average Bonchev–Trinajstić information content (AvgIpc) is 2.68. The first-order valence-corrected chi connectivity index (χ1v) is 8.80. The van der Waals surface area contributed by atoms with Crippen molar-refractivity contribution in [3.8, 4) is 0 Å². The van der Waals surface area contributed by atoms with Gasteiger partial charge in [-0.3, -0.25) is 4.79 Å². The van der Waals surface area contributed by atoms with Crippen molar-refractivity contribution < 1.29 is 14.3 Å². The van der Waals surface area contributed by atoms with Crippen LogP contribution in [0, 0.1) is 0 Å². The minimum atomic E-state index is -0.405. The minimum absolute atomic E-state index is 0.0284. The maximum absolute atomic E-state index is 12.5. The van der Waals surface area contributed by atoms with E-state index >= 15 is 0 Å². The Kier molecular flexibility index (Phi) is 5.73. The van der Waals surface area contributed by atoms with E-state index in [4.69, 9.17) is 11.6 Å². The van der Waals surface area contributed by atoms with Gasteiger partial charge in [0, 0.05) is 35.9 Å². The van der Waals surface area contributed by atoms with Gasteiger partial charge in [0.2, 0.25) is 0 Å². The summed E-state index contributed by atoms with van der Waals surface area (Å²) in [6.45, 7) is 1.36. The monoisotopic (exact) mass is 373 g/mol. The van der Waals surface area contributed by atoms with Crippen molar-refractivity contribution >= 4 is 29.3 Å². The minimum Gasteiger partial charge on any atom is -0.465 e. The van der Waals surface area contributed by atoms with E-state index < -0.39 is 5.97 Å². The Morgan fingerprint density at radius 2 is 1.77 bits per heavy atom. The Morgan fingerprint density at radius 3 is 2.35 bits per heavy atom. The molecule has 26 heavy (non-hydrogen) atoms. The van der Waals surface area contributed by atoms with Crippen LogP contribution in [0.1, 0.15) is 33.6 Å². The topological polar surface area (TPSA) is 71.5 Å². The maximum atomic E-state index is 12.5. The molecule has 0 saturated carbocycles. The fraction of sp³-hybridized carbons (Fsp3) is 0.316. The van der Waals surface area contributed by atoms with Gasteiger partial charge in [-0.15, -0.1) is 0 Å². The molecule has 1 aromatic heterocycles. The third kappa shape index (κ3) is 4.32. The number of likely N-dealkylation sites (tertiary alicyclic amines) is 1. The molecule has 1 aliphatic rings. The van der Waals surface area contributed by atoms with E-state index in [1.54, 1.807) is 36.4 Å². The molecule has 0 aliphatic carbocycles. The number of nitrogens with one attached hydrogen (secondary N) is 1. The first kappa shape index (κ1) is 18.2. The lowest BCUT2D eigenvalue weighted by molar-refractivity contribution is 0.0600. The number of nitrogens with zero attached hydrogens (tertiary/aromatic N) is 2. The molecule has 6 nitrogen and oxygen atoms in total. The van der Waals surface area contributed by atoms with Gasteiger partial charge in [0.25, 0.3) is 5.91 Å². The predicted molar refractivity (Wildman–Crippen MR) is 99.6 cm³/mol. The van der Waals surface area contributed by atoms with E-state index in [9.17, 15) is 9.59 Å². The van der Waals surface area contributed by atoms with E-state index in [0.717, 1.165) is 12.8 Å². The molecule has 1 aliphatic heterocycles. The first-order valence-electron chi connectivity index (χ1n) is 8.42. The SMILES string of the molecule is COC(=O)c1ccc(NC2CCN(C(=O)c3ccc(Cl)cc3)CC2)nc1. The number of pyridine rings is 1. The molecule has 1 saturated heterocycles. The zero-order valence-corrected chi connectivity index (χ0v) is 15.2. The number of piperidine rings is 1. The third-order valence-corrected chi connectivity index (χ3v) is 4.66. The van der Waals surface area contributed by atoms with Gasteiger partial charge >= 0.3 is 5.97 Å². The summed E-state index contributed by atoms with van der Waals surface area (Å²) in [7, 11) is 1.34. The van der Waals surface area contributed by atoms with E-state index in [1.807, 2.05) is 4.90 Å². The number of carbonyl (C=O) groups is 2. The molecule has 2 aromatic rings. The van der Waals surface area contributed by atoms with Crippen molar-refractivity contribution in [2.45, 2.75) is 18.9 Å². The average molecular weight is 374 g/mol. The smallest absolute Gasteiger partial charge is 0.339 e. The standard InChI is InChI=1S/C19H20ClN3O3/c1-26-19(25)14-4-7-17(21-12-14)22-16-8-10-23(11-9-16)18(24)13-2-5-15(20)6-3-13/h2-7,12,16H,8-11H2,1H3,(H,21,22). The first-order chi connectivity index (χ1) is 12.6. The lowest BCUT2D eigenvalue weighted by Gasteiger charge is -2.32. The Labute approximate surface area is 157 Å². The number of esters is 1. The molecule has 1 N–H and O–H groups in total. The van der Waals surface area contributed by atoms with Gasteiger partial charge in [0.05, 0.1) is 12.7 Å². The molecule has 2 heterocycles. The van der Waals surface area contributed by atoms with Gasteiger partial charge in [-0.2, -0.15) is 0 Å². The van der Waals surface area contributed by atoms with Crippen LogP contribution >= 0.6 is 11.6 Å². The highest BCUT2D eigenvalue weighted by Gasteiger charge is 2.23. The van der Waals surface area contributed by atoms with Crippen LogP contribution in [0.4, 0.5) is 5.82 Å². The van der Waals surface area contributed by atoms with Gasteiger partial charge < -0.3 is 15.0 Å². The summed E-state index contributed by atoms with van der Waals surface area (Å²) < 4.78 is 4.66. The number of amides is 1. The number of methoxy groups -OCH3 is 1. The van der Waals surface area contributed by atoms with Crippen LogP contribution < -0.4 is 5.32 Å². The number of ether oxygens (including phenoxy) is 1. The molecular weight excluding hydrogens is 354 g/mol. The highest BCUT2D eigenvalue weighted by molar-refractivity contribution is 6.30. The van der Waals surface area contributed by atoms with Gasteiger partial charge in [-0.05, 0) is 49.2 Å². The lowest BCUT2D eigenvalue weighted by Crippen LogP contribution is -2.42. The van der Waals surface area contributed by atoms with E-state index in [-0.39, 0.29) is 11.9 Å². The number of carbonyl (C=O) groups excluding carboxylic acids is 2. The molecule has 0 bridgehead atoms. The van der Waals surface area contributed by atoms with Crippen LogP contribution in [0.2, 0.25) is 5.02 Å². The largest absolute Gasteiger partial charge is 0.465 e. The third-order valence-electron chi connectivity index (χ3n) is 4.41. The molecule has 7 heteroatoms. The molecule has 1 amide bonds. The van der Waals surface area contributed by atoms with Crippen LogP contribution in [0.25, 0.3) is 0 Å². The number of rotatable bonds is 4.